The molecule has 2 aromatic rings. The molecule has 0 amide bonds. The van der Waals surface area contributed by atoms with Gasteiger partial charge in [0.1, 0.15) is 6.07 Å². The van der Waals surface area contributed by atoms with Gasteiger partial charge in [-0.1, -0.05) is 0 Å². The molecule has 134 valence electrons. The number of anilines is 1. The number of benzene rings is 1. The van der Waals surface area contributed by atoms with Crippen molar-refractivity contribution in [2.45, 2.75) is 25.3 Å². The van der Waals surface area contributed by atoms with Crippen LogP contribution in [0.15, 0.2) is 30.5 Å². The summed E-state index contributed by atoms with van der Waals surface area (Å²) in [5.74, 6) is 0.725. The van der Waals surface area contributed by atoms with E-state index in [1.807, 2.05) is 12.1 Å². The van der Waals surface area contributed by atoms with Crippen LogP contribution in [0.4, 0.5) is 5.69 Å². The van der Waals surface area contributed by atoms with Crippen LogP contribution in [-0.4, -0.2) is 48.6 Å². The number of nitrogens with zero attached hydrogens (tertiary/aromatic N) is 4. The van der Waals surface area contributed by atoms with Gasteiger partial charge < -0.3 is 15.5 Å². The summed E-state index contributed by atoms with van der Waals surface area (Å²) in [5.41, 5.74) is 9.25. The molecule has 26 heavy (non-hydrogen) atoms. The van der Waals surface area contributed by atoms with Crippen LogP contribution in [-0.2, 0) is 0 Å². The Bertz CT molecular complexity index is 872. The van der Waals surface area contributed by atoms with Crippen LogP contribution in [0.25, 0.3) is 10.9 Å². The van der Waals surface area contributed by atoms with Gasteiger partial charge in [0.2, 0.25) is 0 Å². The fraction of sp³-hybridized carbons (Fsp3) is 0.524. The smallest absolute Gasteiger partial charge is 0.101 e. The Morgan fingerprint density at radius 1 is 1.27 bits per heavy atom. The van der Waals surface area contributed by atoms with Crippen LogP contribution in [0.2, 0.25) is 0 Å². The number of nitrogens with two attached hydrogens (primary N) is 1. The first-order valence-corrected chi connectivity index (χ1v) is 9.66. The molecule has 1 aromatic carbocycles. The number of likely N-dealkylation sites (tertiary alicyclic amines) is 1. The lowest BCUT2D eigenvalue weighted by Crippen LogP contribution is -2.65. The van der Waals surface area contributed by atoms with Crippen molar-refractivity contribution in [3.05, 3.63) is 36.0 Å². The van der Waals surface area contributed by atoms with Crippen LogP contribution < -0.4 is 10.6 Å². The monoisotopic (exact) mass is 347 g/mol. The molecule has 5 nitrogen and oxygen atoms in total. The molecule has 1 saturated carbocycles. The highest BCUT2D eigenvalue weighted by atomic mass is 15.2. The summed E-state index contributed by atoms with van der Waals surface area (Å²) in [6.07, 6.45) is 5.46. The first-order chi connectivity index (χ1) is 12.7. The summed E-state index contributed by atoms with van der Waals surface area (Å²) in [6.45, 7) is 5.89. The Kier molecular flexibility index (Phi) is 3.66. The van der Waals surface area contributed by atoms with Gasteiger partial charge in [0.05, 0.1) is 11.1 Å². The van der Waals surface area contributed by atoms with Crippen molar-refractivity contribution in [2.75, 3.05) is 37.6 Å². The summed E-state index contributed by atoms with van der Waals surface area (Å²) in [7, 11) is 0. The third-order valence-electron chi connectivity index (χ3n) is 6.52. The zero-order chi connectivity index (χ0) is 17.7. The second kappa shape index (κ2) is 5.94. The lowest BCUT2D eigenvalue weighted by atomic mass is 9.61. The summed E-state index contributed by atoms with van der Waals surface area (Å²) in [5, 5.41) is 10.4. The van der Waals surface area contributed by atoms with Crippen LogP contribution in [0, 0.1) is 22.7 Å². The summed E-state index contributed by atoms with van der Waals surface area (Å²) in [4.78, 5) is 9.54. The van der Waals surface area contributed by atoms with Crippen LogP contribution >= 0.6 is 0 Å². The second-order valence-corrected chi connectivity index (χ2v) is 8.58. The predicted octanol–water partition coefficient (Wildman–Crippen LogP) is 2.36. The molecule has 2 aliphatic heterocycles. The Balaban J connectivity index is 1.27. The maximum absolute atomic E-state index is 9.33. The highest BCUT2D eigenvalue weighted by Gasteiger charge is 2.51. The van der Waals surface area contributed by atoms with Crippen molar-refractivity contribution in [1.82, 2.24) is 9.88 Å². The van der Waals surface area contributed by atoms with E-state index >= 15 is 0 Å². The molecule has 5 rings (SSSR count). The standard InChI is InChI=1S/C21H25N5/c22-10-16-3-4-19(18-2-1-6-24-20(16)18)26-7-5-15(12-26)11-25-13-21(14-25)8-17(23)9-21/h1-4,6,15,17H,5,7-9,11-14,23H2. The Morgan fingerprint density at radius 3 is 2.88 bits per heavy atom. The van der Waals surface area contributed by atoms with Gasteiger partial charge in [-0.2, -0.15) is 5.26 Å². The van der Waals surface area contributed by atoms with Crippen LogP contribution in [0.3, 0.4) is 0 Å². The minimum Gasteiger partial charge on any atom is -0.371 e. The number of hydrogen-bond donors (Lipinski definition) is 1. The van der Waals surface area contributed by atoms with Gasteiger partial charge in [0.25, 0.3) is 0 Å². The SMILES string of the molecule is N#Cc1ccc(N2CCC(CN3CC4(CC(N)C4)C3)C2)c2cccnc12. The fourth-order valence-corrected chi connectivity index (χ4v) is 5.43. The largest absolute Gasteiger partial charge is 0.371 e. The van der Waals surface area contributed by atoms with Gasteiger partial charge in [0, 0.05) is 56.0 Å². The van der Waals surface area contributed by atoms with E-state index in [2.05, 4.69) is 33.0 Å². The predicted molar refractivity (Wildman–Crippen MR) is 103 cm³/mol. The summed E-state index contributed by atoms with van der Waals surface area (Å²) < 4.78 is 0. The van der Waals surface area contributed by atoms with E-state index in [0.717, 1.165) is 29.9 Å². The van der Waals surface area contributed by atoms with Gasteiger partial charge in [-0.25, -0.2) is 0 Å². The van der Waals surface area contributed by atoms with Crippen molar-refractivity contribution in [3.8, 4) is 6.07 Å². The molecule has 3 heterocycles. The summed E-state index contributed by atoms with van der Waals surface area (Å²) >= 11 is 0. The van der Waals surface area contributed by atoms with Gasteiger partial charge >= 0.3 is 0 Å². The van der Waals surface area contributed by atoms with E-state index in [4.69, 9.17) is 5.73 Å². The quantitative estimate of drug-likeness (QED) is 0.923. The highest BCUT2D eigenvalue weighted by Crippen LogP contribution is 2.47. The van der Waals surface area contributed by atoms with E-state index < -0.39 is 0 Å². The molecule has 1 aliphatic carbocycles. The number of hydrogen-bond acceptors (Lipinski definition) is 5. The Hall–Kier alpha value is -2.16. The number of aromatic nitrogens is 1. The van der Waals surface area contributed by atoms with E-state index in [1.165, 1.54) is 44.6 Å². The van der Waals surface area contributed by atoms with Gasteiger partial charge in [-0.15, -0.1) is 0 Å². The molecule has 3 fully saturated rings. The number of rotatable bonds is 3. The van der Waals surface area contributed by atoms with Crippen molar-refractivity contribution >= 4 is 16.6 Å². The zero-order valence-electron chi connectivity index (χ0n) is 15.1. The number of pyridine rings is 1. The minimum atomic E-state index is 0.456. The third kappa shape index (κ3) is 2.56. The average Bonchev–Trinajstić information content (AvgIpc) is 3.06. The molecule has 2 N–H and O–H groups in total. The molecule has 0 radical (unpaired) electrons. The molecule has 2 saturated heterocycles. The number of nitriles is 1. The van der Waals surface area contributed by atoms with Crippen LogP contribution in [0.5, 0.6) is 0 Å². The van der Waals surface area contributed by atoms with Gasteiger partial charge in [0.15, 0.2) is 0 Å². The fourth-order valence-electron chi connectivity index (χ4n) is 5.43. The van der Waals surface area contributed by atoms with E-state index in [9.17, 15) is 5.26 Å². The van der Waals surface area contributed by atoms with Crippen molar-refractivity contribution < 1.29 is 0 Å². The van der Waals surface area contributed by atoms with E-state index in [0.29, 0.717) is 17.0 Å². The number of fused-ring (bicyclic) bond motifs is 1. The lowest BCUT2D eigenvalue weighted by Gasteiger charge is -2.59. The van der Waals surface area contributed by atoms with Gasteiger partial charge in [-0.3, -0.25) is 4.98 Å². The maximum Gasteiger partial charge on any atom is 0.101 e. The van der Waals surface area contributed by atoms with Crippen molar-refractivity contribution in [1.29, 1.82) is 5.26 Å². The van der Waals surface area contributed by atoms with E-state index in [-0.39, 0.29) is 0 Å². The Labute approximate surface area is 154 Å². The lowest BCUT2D eigenvalue weighted by molar-refractivity contribution is -0.0758. The maximum atomic E-state index is 9.33. The minimum absolute atomic E-state index is 0.456. The first kappa shape index (κ1) is 16.0. The summed E-state index contributed by atoms with van der Waals surface area (Å²) in [6, 6.07) is 10.8. The molecule has 1 atom stereocenters. The second-order valence-electron chi connectivity index (χ2n) is 8.58. The topological polar surface area (TPSA) is 69.2 Å². The first-order valence-electron chi connectivity index (χ1n) is 9.66. The molecule has 5 heteroatoms. The molecule has 1 spiro atoms. The Morgan fingerprint density at radius 2 is 2.12 bits per heavy atom. The highest BCUT2D eigenvalue weighted by molar-refractivity contribution is 5.95. The normalized spacial score (nSPS) is 25.2. The molecule has 1 aromatic heterocycles. The van der Waals surface area contributed by atoms with Gasteiger partial charge in [-0.05, 0) is 54.9 Å². The third-order valence-corrected chi connectivity index (χ3v) is 6.52. The zero-order valence-corrected chi connectivity index (χ0v) is 15.1. The van der Waals surface area contributed by atoms with Crippen molar-refractivity contribution in [3.63, 3.8) is 0 Å². The van der Waals surface area contributed by atoms with Crippen LogP contribution in [0.1, 0.15) is 24.8 Å². The molecule has 3 aliphatic rings. The molecular formula is C21H25N5. The molecule has 0 bridgehead atoms. The average molecular weight is 347 g/mol. The molecular weight excluding hydrogens is 322 g/mol. The van der Waals surface area contributed by atoms with Crippen molar-refractivity contribution in [2.24, 2.45) is 17.1 Å². The van der Waals surface area contributed by atoms with E-state index in [1.54, 1.807) is 6.20 Å². The molecule has 1 unspecified atom stereocenters.